The summed E-state index contributed by atoms with van der Waals surface area (Å²) in [5.41, 5.74) is 3.88. The Morgan fingerprint density at radius 3 is 2.59 bits per heavy atom. The number of allylic oxidation sites excluding steroid dienone is 2. The molecule has 1 unspecified atom stereocenters. The molecule has 1 atom stereocenters. The molecular formula is C24H27FN4O3S2. The molecule has 0 fully saturated rings. The number of nitrogens with one attached hydrogen (secondary N) is 1. The molecule has 2 heterocycles. The highest BCUT2D eigenvalue weighted by Crippen LogP contribution is 2.26. The molecule has 0 saturated heterocycles. The summed E-state index contributed by atoms with van der Waals surface area (Å²) in [6.07, 6.45) is 5.82. The van der Waals surface area contributed by atoms with Gasteiger partial charge in [0.1, 0.15) is 5.82 Å². The van der Waals surface area contributed by atoms with Crippen LogP contribution in [-0.2, 0) is 14.6 Å². The minimum atomic E-state index is -3.42. The van der Waals surface area contributed by atoms with Crippen LogP contribution in [0.15, 0.2) is 58.4 Å². The Bertz CT molecular complexity index is 1340. The van der Waals surface area contributed by atoms with E-state index in [1.807, 2.05) is 19.9 Å². The molecule has 0 spiro atoms. The summed E-state index contributed by atoms with van der Waals surface area (Å²) in [6.45, 7) is 9.60. The number of carbonyl (C=O) groups is 1. The van der Waals surface area contributed by atoms with Gasteiger partial charge in [-0.25, -0.2) is 22.5 Å². The van der Waals surface area contributed by atoms with Crippen molar-refractivity contribution >= 4 is 32.7 Å². The van der Waals surface area contributed by atoms with Crippen molar-refractivity contribution in [2.24, 2.45) is 0 Å². The molecule has 0 aliphatic rings. The van der Waals surface area contributed by atoms with E-state index in [0.29, 0.717) is 28.9 Å². The standard InChI is InChI=1S/C24H27FN4O3S2/c1-6-15(2)7-12-20(21-13-26-29(17(21)4)19-10-8-18(25)9-11-19)23(30)27-16(3)22-14-33-24(28-22)34(5,31)32/h8-14,16H,2,6-7H2,1,3-5H3,(H,27,30). The third-order valence-corrected chi connectivity index (χ3v) is 7.89. The number of rotatable bonds is 9. The Labute approximate surface area is 203 Å². The van der Waals surface area contributed by atoms with Gasteiger partial charge in [-0.3, -0.25) is 4.79 Å². The van der Waals surface area contributed by atoms with Gasteiger partial charge in [0, 0.05) is 28.5 Å². The van der Waals surface area contributed by atoms with Crippen LogP contribution in [0.3, 0.4) is 0 Å². The molecule has 1 N–H and O–H groups in total. The molecule has 34 heavy (non-hydrogen) atoms. The first-order chi connectivity index (χ1) is 16.0. The van der Waals surface area contributed by atoms with Crippen LogP contribution in [0.2, 0.25) is 0 Å². The summed E-state index contributed by atoms with van der Waals surface area (Å²) < 4.78 is 38.5. The average Bonchev–Trinajstić information content (AvgIpc) is 3.42. The van der Waals surface area contributed by atoms with Crippen LogP contribution in [0, 0.1) is 12.7 Å². The summed E-state index contributed by atoms with van der Waals surface area (Å²) >= 11 is 1.02. The molecule has 0 bridgehead atoms. The van der Waals surface area contributed by atoms with Crippen molar-refractivity contribution in [3.8, 4) is 5.69 Å². The summed E-state index contributed by atoms with van der Waals surface area (Å²) in [5, 5.41) is 8.94. The second kappa shape index (κ2) is 10.4. The summed E-state index contributed by atoms with van der Waals surface area (Å²) in [4.78, 5) is 17.5. The maximum atomic E-state index is 13.3. The molecule has 10 heteroatoms. The van der Waals surface area contributed by atoms with Crippen molar-refractivity contribution in [2.75, 3.05) is 6.26 Å². The van der Waals surface area contributed by atoms with Crippen molar-refractivity contribution in [3.63, 3.8) is 0 Å². The lowest BCUT2D eigenvalue weighted by atomic mass is 10.0. The third-order valence-electron chi connectivity index (χ3n) is 5.32. The molecule has 0 saturated carbocycles. The number of thiazole rings is 1. The Kier molecular flexibility index (Phi) is 7.83. The van der Waals surface area contributed by atoms with Crippen LogP contribution in [-0.4, -0.2) is 35.3 Å². The van der Waals surface area contributed by atoms with Crippen molar-refractivity contribution in [2.45, 2.75) is 44.0 Å². The molecule has 3 rings (SSSR count). The van der Waals surface area contributed by atoms with Crippen molar-refractivity contribution in [1.29, 1.82) is 0 Å². The lowest BCUT2D eigenvalue weighted by Gasteiger charge is -2.14. The average molecular weight is 503 g/mol. The van der Waals surface area contributed by atoms with E-state index >= 15 is 0 Å². The van der Waals surface area contributed by atoms with E-state index in [1.165, 1.54) is 12.1 Å². The van der Waals surface area contributed by atoms with Gasteiger partial charge in [0.05, 0.1) is 23.6 Å². The highest BCUT2D eigenvalue weighted by molar-refractivity contribution is 7.92. The minimum absolute atomic E-state index is 0.00929. The zero-order valence-electron chi connectivity index (χ0n) is 19.5. The lowest BCUT2D eigenvalue weighted by Crippen LogP contribution is -2.28. The van der Waals surface area contributed by atoms with Crippen molar-refractivity contribution < 1.29 is 17.6 Å². The Hall–Kier alpha value is -3.11. The normalized spacial score (nSPS) is 13.0. The van der Waals surface area contributed by atoms with Gasteiger partial charge in [0.15, 0.2) is 0 Å². The second-order valence-corrected chi connectivity index (χ2v) is 11.0. The van der Waals surface area contributed by atoms with Gasteiger partial charge in [0.2, 0.25) is 14.2 Å². The summed E-state index contributed by atoms with van der Waals surface area (Å²) in [6, 6.07) is 5.43. The summed E-state index contributed by atoms with van der Waals surface area (Å²) in [5.74, 6) is -0.686. The van der Waals surface area contributed by atoms with E-state index in [-0.39, 0.29) is 16.1 Å². The maximum absolute atomic E-state index is 13.3. The van der Waals surface area contributed by atoms with Gasteiger partial charge in [-0.15, -0.1) is 11.3 Å². The van der Waals surface area contributed by atoms with E-state index in [2.05, 4.69) is 22.0 Å². The number of nitrogens with zero attached hydrogens (tertiary/aromatic N) is 3. The molecule has 1 amide bonds. The van der Waals surface area contributed by atoms with Crippen LogP contribution in [0.25, 0.3) is 11.3 Å². The van der Waals surface area contributed by atoms with Gasteiger partial charge in [-0.05, 0) is 51.0 Å². The van der Waals surface area contributed by atoms with Gasteiger partial charge in [-0.2, -0.15) is 5.10 Å². The highest BCUT2D eigenvalue weighted by atomic mass is 32.2. The van der Waals surface area contributed by atoms with Crippen LogP contribution in [0.1, 0.15) is 49.7 Å². The quantitative estimate of drug-likeness (QED) is 0.335. The van der Waals surface area contributed by atoms with E-state index in [0.717, 1.165) is 35.3 Å². The zero-order chi connectivity index (χ0) is 25.0. The molecule has 7 nitrogen and oxygen atoms in total. The van der Waals surface area contributed by atoms with Gasteiger partial charge in [-0.1, -0.05) is 25.2 Å². The van der Waals surface area contributed by atoms with Gasteiger partial charge in [0.25, 0.3) is 5.91 Å². The Balaban J connectivity index is 1.92. The van der Waals surface area contributed by atoms with Crippen LogP contribution < -0.4 is 5.32 Å². The van der Waals surface area contributed by atoms with Gasteiger partial charge >= 0.3 is 0 Å². The molecule has 0 radical (unpaired) electrons. The van der Waals surface area contributed by atoms with E-state index < -0.39 is 15.9 Å². The maximum Gasteiger partial charge on any atom is 0.252 e. The molecule has 3 aromatic rings. The van der Waals surface area contributed by atoms with E-state index in [9.17, 15) is 17.6 Å². The fraction of sp³-hybridized carbons (Fsp3) is 0.292. The zero-order valence-corrected chi connectivity index (χ0v) is 21.1. The topological polar surface area (TPSA) is 93.9 Å². The van der Waals surface area contributed by atoms with E-state index in [1.54, 1.807) is 35.3 Å². The fourth-order valence-corrected chi connectivity index (χ4v) is 4.97. The number of sulfone groups is 1. The number of hydrogen-bond acceptors (Lipinski definition) is 6. The van der Waals surface area contributed by atoms with Crippen molar-refractivity contribution in [1.82, 2.24) is 20.1 Å². The molecule has 1 aromatic carbocycles. The number of aromatic nitrogens is 3. The smallest absolute Gasteiger partial charge is 0.252 e. The number of hydrogen-bond donors (Lipinski definition) is 1. The predicted octanol–water partition coefficient (Wildman–Crippen LogP) is 4.80. The number of carbonyl (C=O) groups excluding carboxylic acids is 1. The number of amides is 1. The van der Waals surface area contributed by atoms with Crippen LogP contribution >= 0.6 is 11.3 Å². The van der Waals surface area contributed by atoms with E-state index in [4.69, 9.17) is 0 Å². The van der Waals surface area contributed by atoms with Crippen molar-refractivity contribution in [3.05, 3.63) is 76.8 Å². The first-order valence-corrected chi connectivity index (χ1v) is 13.4. The third kappa shape index (κ3) is 5.87. The molecule has 180 valence electrons. The lowest BCUT2D eigenvalue weighted by molar-refractivity contribution is -0.116. The number of benzene rings is 1. The monoisotopic (exact) mass is 502 g/mol. The second-order valence-electron chi connectivity index (χ2n) is 7.96. The first kappa shape index (κ1) is 25.5. The molecule has 2 aromatic heterocycles. The highest BCUT2D eigenvalue weighted by Gasteiger charge is 2.22. The largest absolute Gasteiger partial charge is 0.344 e. The molecule has 0 aliphatic heterocycles. The van der Waals surface area contributed by atoms with Gasteiger partial charge < -0.3 is 5.32 Å². The Morgan fingerprint density at radius 2 is 2.00 bits per heavy atom. The Morgan fingerprint density at radius 1 is 1.32 bits per heavy atom. The molecular weight excluding hydrogens is 475 g/mol. The van der Waals surface area contributed by atoms with Crippen LogP contribution in [0.4, 0.5) is 4.39 Å². The molecule has 0 aliphatic carbocycles. The summed E-state index contributed by atoms with van der Waals surface area (Å²) in [7, 11) is -3.42. The number of halogens is 1. The first-order valence-electron chi connectivity index (χ1n) is 10.6. The fourth-order valence-electron chi connectivity index (χ4n) is 3.22. The SMILES string of the molecule is C=C(CC)CC=C(C(=O)NC(C)c1csc(S(C)(=O)=O)n1)c1cnn(-c2ccc(F)cc2)c1C. The minimum Gasteiger partial charge on any atom is -0.344 e. The predicted molar refractivity (Wildman–Crippen MR) is 132 cm³/mol. The van der Waals surface area contributed by atoms with Crippen LogP contribution in [0.5, 0.6) is 0 Å².